The smallest absolute Gasteiger partial charge is 0.211 e. The van der Waals surface area contributed by atoms with E-state index in [9.17, 15) is 9.59 Å². The third kappa shape index (κ3) is 4.04. The summed E-state index contributed by atoms with van der Waals surface area (Å²) in [7, 11) is 1.83. The molecule has 3 heteroatoms. The van der Waals surface area contributed by atoms with Gasteiger partial charge in [-0.3, -0.25) is 14.5 Å². The van der Waals surface area contributed by atoms with Gasteiger partial charge in [-0.1, -0.05) is 30.3 Å². The normalized spacial score (nSPS) is 10.3. The zero-order chi connectivity index (χ0) is 11.3. The molecule has 0 aliphatic heterocycles. The Kier molecular flexibility index (Phi) is 4.18. The Morgan fingerprint density at radius 3 is 2.33 bits per heavy atom. The molecule has 0 spiro atoms. The molecule has 0 N–H and O–H groups in total. The molecule has 0 unspecified atom stereocenters. The van der Waals surface area contributed by atoms with Crippen molar-refractivity contribution in [3.05, 3.63) is 35.9 Å². The first kappa shape index (κ1) is 11.6. The van der Waals surface area contributed by atoms with E-state index in [1.54, 1.807) is 0 Å². The van der Waals surface area contributed by atoms with Gasteiger partial charge in [0.15, 0.2) is 5.78 Å². The van der Waals surface area contributed by atoms with Gasteiger partial charge in [0.05, 0.1) is 6.54 Å². The van der Waals surface area contributed by atoms with E-state index in [-0.39, 0.29) is 18.1 Å². The van der Waals surface area contributed by atoms with Crippen LogP contribution in [0.3, 0.4) is 0 Å². The van der Waals surface area contributed by atoms with Gasteiger partial charge in [-0.15, -0.1) is 0 Å². The number of benzene rings is 1. The minimum Gasteiger partial charge on any atom is -0.294 e. The number of carbonyl (C=O) groups is 2. The maximum absolute atomic E-state index is 11.2. The first-order valence-corrected chi connectivity index (χ1v) is 4.86. The Hall–Kier alpha value is -1.48. The number of hydrogen-bond donors (Lipinski definition) is 0. The second kappa shape index (κ2) is 5.41. The Morgan fingerprint density at radius 1 is 1.20 bits per heavy atom. The predicted octanol–water partition coefficient (Wildman–Crippen LogP) is 1.28. The lowest BCUT2D eigenvalue weighted by Gasteiger charge is -2.14. The largest absolute Gasteiger partial charge is 0.294 e. The highest BCUT2D eigenvalue weighted by Gasteiger charge is 2.10. The number of nitrogens with zero attached hydrogens (tertiary/aromatic N) is 1. The minimum absolute atomic E-state index is 0.185. The molecule has 1 aromatic rings. The number of likely N-dealkylation sites (N-methyl/N-ethyl adjacent to an activating group) is 1. The third-order valence-corrected chi connectivity index (χ3v) is 2.10. The molecule has 0 aliphatic rings. The molecule has 0 heterocycles. The Labute approximate surface area is 89.7 Å². The number of rotatable bonds is 5. The van der Waals surface area contributed by atoms with Gasteiger partial charge < -0.3 is 0 Å². The highest BCUT2D eigenvalue weighted by molar-refractivity contribution is 6.37. The third-order valence-electron chi connectivity index (χ3n) is 2.10. The van der Waals surface area contributed by atoms with E-state index in [2.05, 4.69) is 0 Å². The van der Waals surface area contributed by atoms with Crippen LogP contribution in [0.1, 0.15) is 12.5 Å². The molecule has 1 aromatic carbocycles. The van der Waals surface area contributed by atoms with E-state index >= 15 is 0 Å². The van der Waals surface area contributed by atoms with Crippen LogP contribution in [0.5, 0.6) is 0 Å². The van der Waals surface area contributed by atoms with Crippen LogP contribution < -0.4 is 0 Å². The van der Waals surface area contributed by atoms with Crippen molar-refractivity contribution in [3.8, 4) is 0 Å². The summed E-state index contributed by atoms with van der Waals surface area (Å²) < 4.78 is 0. The van der Waals surface area contributed by atoms with Crippen molar-refractivity contribution in [1.29, 1.82) is 0 Å². The van der Waals surface area contributed by atoms with Gasteiger partial charge in [0.2, 0.25) is 5.78 Å². The van der Waals surface area contributed by atoms with Crippen LogP contribution in [-0.4, -0.2) is 30.1 Å². The van der Waals surface area contributed by atoms with Gasteiger partial charge in [0.1, 0.15) is 0 Å². The number of ketones is 2. The fourth-order valence-corrected chi connectivity index (χ4v) is 1.31. The van der Waals surface area contributed by atoms with E-state index in [1.165, 1.54) is 6.92 Å². The zero-order valence-corrected chi connectivity index (χ0v) is 9.06. The van der Waals surface area contributed by atoms with Crippen LogP contribution in [0.15, 0.2) is 30.3 Å². The van der Waals surface area contributed by atoms with Crippen LogP contribution in [0.4, 0.5) is 0 Å². The summed E-state index contributed by atoms with van der Waals surface area (Å²) in [5.74, 6) is -0.719. The molecule has 0 atom stereocenters. The number of hydrogen-bond acceptors (Lipinski definition) is 3. The summed E-state index contributed by atoms with van der Waals surface area (Å²) in [6.45, 7) is 2.17. The lowest BCUT2D eigenvalue weighted by molar-refractivity contribution is -0.135. The van der Waals surface area contributed by atoms with Crippen molar-refractivity contribution in [2.45, 2.75) is 13.5 Å². The highest BCUT2D eigenvalue weighted by Crippen LogP contribution is 2.02. The highest BCUT2D eigenvalue weighted by atomic mass is 16.2. The minimum atomic E-state index is -0.380. The molecule has 0 saturated heterocycles. The summed E-state index contributed by atoms with van der Waals surface area (Å²) in [6.07, 6.45) is 0. The lowest BCUT2D eigenvalue weighted by atomic mass is 10.2. The summed E-state index contributed by atoms with van der Waals surface area (Å²) in [6, 6.07) is 9.85. The van der Waals surface area contributed by atoms with Crippen molar-refractivity contribution >= 4 is 11.6 Å². The molecule has 3 nitrogen and oxygen atoms in total. The molecule has 15 heavy (non-hydrogen) atoms. The second-order valence-corrected chi connectivity index (χ2v) is 3.64. The molecular weight excluding hydrogens is 190 g/mol. The molecule has 0 radical (unpaired) electrons. The summed E-state index contributed by atoms with van der Waals surface area (Å²) >= 11 is 0. The molecule has 0 aromatic heterocycles. The number of carbonyl (C=O) groups excluding carboxylic acids is 2. The van der Waals surface area contributed by atoms with Crippen molar-refractivity contribution < 1.29 is 9.59 Å². The van der Waals surface area contributed by atoms with Crippen LogP contribution in [0.2, 0.25) is 0 Å². The topological polar surface area (TPSA) is 37.4 Å². The standard InChI is InChI=1S/C12H15NO2/c1-10(14)12(15)9-13(2)8-11-6-4-3-5-7-11/h3-7H,8-9H2,1-2H3. The maximum atomic E-state index is 11.2. The molecule has 0 amide bonds. The first-order chi connectivity index (χ1) is 7.09. The molecule has 0 fully saturated rings. The molecule has 80 valence electrons. The van der Waals surface area contributed by atoms with Gasteiger partial charge in [-0.25, -0.2) is 0 Å². The first-order valence-electron chi connectivity index (χ1n) is 4.86. The quantitative estimate of drug-likeness (QED) is 0.679. The second-order valence-electron chi connectivity index (χ2n) is 3.64. The molecule has 0 saturated carbocycles. The van der Waals surface area contributed by atoms with Gasteiger partial charge in [-0.05, 0) is 12.6 Å². The van der Waals surface area contributed by atoms with E-state index in [0.717, 1.165) is 5.56 Å². The van der Waals surface area contributed by atoms with Crippen molar-refractivity contribution in [2.24, 2.45) is 0 Å². The van der Waals surface area contributed by atoms with Crippen molar-refractivity contribution in [3.63, 3.8) is 0 Å². The van der Waals surface area contributed by atoms with Gasteiger partial charge >= 0.3 is 0 Å². The van der Waals surface area contributed by atoms with E-state index in [1.807, 2.05) is 42.3 Å². The fraction of sp³-hybridized carbons (Fsp3) is 0.333. The average molecular weight is 205 g/mol. The van der Waals surface area contributed by atoms with E-state index < -0.39 is 0 Å². The Bertz CT molecular complexity index is 346. The number of Topliss-reactive ketones (excluding diaryl/α,β-unsaturated/α-hetero) is 2. The molecular formula is C12H15NO2. The average Bonchev–Trinajstić information content (AvgIpc) is 2.18. The van der Waals surface area contributed by atoms with E-state index in [0.29, 0.717) is 6.54 Å². The maximum Gasteiger partial charge on any atom is 0.211 e. The summed E-state index contributed by atoms with van der Waals surface area (Å²) in [5.41, 5.74) is 1.14. The van der Waals surface area contributed by atoms with Crippen LogP contribution >= 0.6 is 0 Å². The predicted molar refractivity (Wildman–Crippen MR) is 58.5 cm³/mol. The molecule has 0 bridgehead atoms. The van der Waals surface area contributed by atoms with Crippen LogP contribution in [0.25, 0.3) is 0 Å². The fourth-order valence-electron chi connectivity index (χ4n) is 1.31. The van der Waals surface area contributed by atoms with Crippen LogP contribution in [0, 0.1) is 0 Å². The van der Waals surface area contributed by atoms with Gasteiger partial charge in [-0.2, -0.15) is 0 Å². The SMILES string of the molecule is CC(=O)C(=O)CN(C)Cc1ccccc1. The lowest BCUT2D eigenvalue weighted by Crippen LogP contribution is -2.29. The monoisotopic (exact) mass is 205 g/mol. The molecule has 1 rings (SSSR count). The summed E-state index contributed by atoms with van der Waals surface area (Å²) in [4.78, 5) is 23.7. The van der Waals surface area contributed by atoms with Gasteiger partial charge in [0.25, 0.3) is 0 Å². The van der Waals surface area contributed by atoms with Gasteiger partial charge in [0, 0.05) is 13.5 Å². The Balaban J connectivity index is 2.46. The summed E-state index contributed by atoms with van der Waals surface area (Å²) in [5, 5.41) is 0. The molecule has 0 aliphatic carbocycles. The van der Waals surface area contributed by atoms with Crippen molar-refractivity contribution in [1.82, 2.24) is 4.90 Å². The van der Waals surface area contributed by atoms with E-state index in [4.69, 9.17) is 0 Å². The Morgan fingerprint density at radius 2 is 1.80 bits per heavy atom. The van der Waals surface area contributed by atoms with Crippen LogP contribution in [-0.2, 0) is 16.1 Å². The van der Waals surface area contributed by atoms with Crippen molar-refractivity contribution in [2.75, 3.05) is 13.6 Å². The zero-order valence-electron chi connectivity index (χ0n) is 9.06.